The number of hydrogen-bond acceptors (Lipinski definition) is 6. The number of fused-ring (bicyclic) bond motifs is 1. The number of methoxy groups -OCH3 is 1. The zero-order valence-corrected chi connectivity index (χ0v) is 15.8. The maximum atomic E-state index is 12.7. The summed E-state index contributed by atoms with van der Waals surface area (Å²) in [7, 11) is 1.61. The van der Waals surface area contributed by atoms with E-state index in [0.29, 0.717) is 12.5 Å². The lowest BCUT2D eigenvalue weighted by atomic mass is 10.2. The van der Waals surface area contributed by atoms with Gasteiger partial charge in [0.05, 0.1) is 13.7 Å². The quantitative estimate of drug-likeness (QED) is 0.524. The fourth-order valence-corrected chi connectivity index (χ4v) is 3.00. The highest BCUT2D eigenvalue weighted by molar-refractivity contribution is 5.73. The highest BCUT2D eigenvalue weighted by atomic mass is 16.5. The maximum absolute atomic E-state index is 12.7. The Hall–Kier alpha value is -3.94. The van der Waals surface area contributed by atoms with E-state index < -0.39 is 11.2 Å². The van der Waals surface area contributed by atoms with Gasteiger partial charge in [-0.1, -0.05) is 42.5 Å². The third-order valence-electron chi connectivity index (χ3n) is 4.50. The Kier molecular flexibility index (Phi) is 5.07. The summed E-state index contributed by atoms with van der Waals surface area (Å²) in [6.45, 7) is 0.652. The highest BCUT2D eigenvalue weighted by Gasteiger charge is 2.11. The van der Waals surface area contributed by atoms with Crippen LogP contribution < -0.4 is 21.3 Å². The third kappa shape index (κ3) is 4.01. The molecule has 146 valence electrons. The number of ether oxygens (including phenoxy) is 1. The molecule has 0 radical (unpaired) electrons. The van der Waals surface area contributed by atoms with Crippen LogP contribution in [0.4, 0.5) is 5.95 Å². The first-order valence-electron chi connectivity index (χ1n) is 9.04. The SMILES string of the molecule is COc1cccc(CNc2ncc3c(=O)n(Cc4ccccc4)c(=O)[nH]c3n2)c1. The predicted octanol–water partition coefficient (Wildman–Crippen LogP) is 2.15. The Bertz CT molecular complexity index is 1260. The molecule has 29 heavy (non-hydrogen) atoms. The van der Waals surface area contributed by atoms with Crippen LogP contribution >= 0.6 is 0 Å². The lowest BCUT2D eigenvalue weighted by Gasteiger charge is -2.09. The minimum atomic E-state index is -0.510. The second kappa shape index (κ2) is 7.97. The molecule has 0 spiro atoms. The molecule has 4 rings (SSSR count). The van der Waals surface area contributed by atoms with Crippen LogP contribution in [0.2, 0.25) is 0 Å². The summed E-state index contributed by atoms with van der Waals surface area (Å²) in [5.41, 5.74) is 1.11. The second-order valence-corrected chi connectivity index (χ2v) is 6.47. The summed E-state index contributed by atoms with van der Waals surface area (Å²) in [6.07, 6.45) is 1.43. The van der Waals surface area contributed by atoms with Crippen LogP contribution in [0.5, 0.6) is 5.75 Å². The van der Waals surface area contributed by atoms with Gasteiger partial charge in [-0.05, 0) is 23.3 Å². The Morgan fingerprint density at radius 1 is 1.07 bits per heavy atom. The molecule has 0 saturated heterocycles. The summed E-state index contributed by atoms with van der Waals surface area (Å²) in [6, 6.07) is 16.9. The van der Waals surface area contributed by atoms with E-state index in [-0.39, 0.29) is 17.6 Å². The Labute approximate surface area is 165 Å². The summed E-state index contributed by atoms with van der Waals surface area (Å²) in [5, 5.41) is 3.35. The number of hydrogen-bond donors (Lipinski definition) is 2. The predicted molar refractivity (Wildman–Crippen MR) is 110 cm³/mol. The van der Waals surface area contributed by atoms with Gasteiger partial charge in [-0.25, -0.2) is 9.78 Å². The highest BCUT2D eigenvalue weighted by Crippen LogP contribution is 2.14. The van der Waals surface area contributed by atoms with Gasteiger partial charge in [-0.2, -0.15) is 4.98 Å². The summed E-state index contributed by atoms with van der Waals surface area (Å²) < 4.78 is 6.35. The number of benzene rings is 2. The van der Waals surface area contributed by atoms with Crippen molar-refractivity contribution in [3.8, 4) is 5.75 Å². The molecule has 2 heterocycles. The molecular formula is C21H19N5O3. The summed E-state index contributed by atoms with van der Waals surface area (Å²) in [5.74, 6) is 1.07. The second-order valence-electron chi connectivity index (χ2n) is 6.47. The minimum Gasteiger partial charge on any atom is -0.497 e. The number of aromatic amines is 1. The monoisotopic (exact) mass is 389 g/mol. The van der Waals surface area contributed by atoms with Gasteiger partial charge in [-0.15, -0.1) is 0 Å². The Morgan fingerprint density at radius 2 is 1.86 bits per heavy atom. The molecule has 0 atom stereocenters. The lowest BCUT2D eigenvalue weighted by Crippen LogP contribution is -2.35. The van der Waals surface area contributed by atoms with Crippen LogP contribution in [-0.4, -0.2) is 26.6 Å². The number of anilines is 1. The van der Waals surface area contributed by atoms with Crippen LogP contribution in [0.15, 0.2) is 70.4 Å². The van der Waals surface area contributed by atoms with Gasteiger partial charge in [0.2, 0.25) is 5.95 Å². The molecule has 2 aromatic heterocycles. The molecule has 2 N–H and O–H groups in total. The summed E-state index contributed by atoms with van der Waals surface area (Å²) in [4.78, 5) is 36.3. The smallest absolute Gasteiger partial charge is 0.330 e. The molecule has 0 saturated carbocycles. The van der Waals surface area contributed by atoms with Crippen molar-refractivity contribution in [1.29, 1.82) is 0 Å². The molecule has 8 heteroatoms. The van der Waals surface area contributed by atoms with Crippen molar-refractivity contribution in [2.45, 2.75) is 13.1 Å². The molecule has 2 aromatic carbocycles. The average molecular weight is 389 g/mol. The van der Waals surface area contributed by atoms with Gasteiger partial charge in [0, 0.05) is 12.7 Å². The molecule has 0 bridgehead atoms. The lowest BCUT2D eigenvalue weighted by molar-refractivity contribution is 0.414. The molecule has 0 aliphatic rings. The normalized spacial score (nSPS) is 10.8. The maximum Gasteiger partial charge on any atom is 0.330 e. The van der Waals surface area contributed by atoms with Crippen LogP contribution in [0, 0.1) is 0 Å². The minimum absolute atomic E-state index is 0.181. The van der Waals surface area contributed by atoms with E-state index in [0.717, 1.165) is 21.4 Å². The Balaban J connectivity index is 1.60. The van der Waals surface area contributed by atoms with Crippen molar-refractivity contribution in [1.82, 2.24) is 19.5 Å². The molecule has 0 amide bonds. The topological polar surface area (TPSA) is 102 Å². The van der Waals surface area contributed by atoms with Crippen LogP contribution in [-0.2, 0) is 13.1 Å². The van der Waals surface area contributed by atoms with Crippen LogP contribution in [0.25, 0.3) is 11.0 Å². The van der Waals surface area contributed by atoms with E-state index in [1.165, 1.54) is 6.20 Å². The van der Waals surface area contributed by atoms with E-state index >= 15 is 0 Å². The fourth-order valence-electron chi connectivity index (χ4n) is 3.00. The van der Waals surface area contributed by atoms with Crippen molar-refractivity contribution in [2.24, 2.45) is 0 Å². The Morgan fingerprint density at radius 3 is 2.66 bits per heavy atom. The largest absolute Gasteiger partial charge is 0.497 e. The van der Waals surface area contributed by atoms with E-state index in [9.17, 15) is 9.59 Å². The van der Waals surface area contributed by atoms with Gasteiger partial charge >= 0.3 is 5.69 Å². The molecule has 8 nitrogen and oxygen atoms in total. The standard InChI is InChI=1S/C21H19N5O3/c1-29-16-9-5-8-15(10-16)11-22-20-23-12-17-18(24-20)25-21(28)26(19(17)27)13-14-6-3-2-4-7-14/h2-10,12H,11,13H2,1H3,(H2,22,23,24,25,28). The van der Waals surface area contributed by atoms with Crippen molar-refractivity contribution >= 4 is 17.0 Å². The zero-order chi connectivity index (χ0) is 20.2. The number of H-pyrrole nitrogens is 1. The van der Waals surface area contributed by atoms with Gasteiger partial charge in [0.25, 0.3) is 5.56 Å². The first-order chi connectivity index (χ1) is 14.1. The van der Waals surface area contributed by atoms with E-state index in [1.807, 2.05) is 54.6 Å². The molecule has 0 fully saturated rings. The van der Waals surface area contributed by atoms with Crippen LogP contribution in [0.3, 0.4) is 0 Å². The first-order valence-corrected chi connectivity index (χ1v) is 9.04. The van der Waals surface area contributed by atoms with Gasteiger partial charge in [0.15, 0.2) is 5.65 Å². The molecule has 4 aromatic rings. The van der Waals surface area contributed by atoms with Gasteiger partial charge in [-0.3, -0.25) is 14.3 Å². The first kappa shape index (κ1) is 18.4. The van der Waals surface area contributed by atoms with Crippen molar-refractivity contribution in [3.05, 3.63) is 92.8 Å². The van der Waals surface area contributed by atoms with Crippen LogP contribution in [0.1, 0.15) is 11.1 Å². The zero-order valence-electron chi connectivity index (χ0n) is 15.8. The fraction of sp³-hybridized carbons (Fsp3) is 0.143. The summed E-state index contributed by atoms with van der Waals surface area (Å²) >= 11 is 0. The number of nitrogens with zero attached hydrogens (tertiary/aromatic N) is 3. The number of nitrogens with one attached hydrogen (secondary N) is 2. The van der Waals surface area contributed by atoms with E-state index in [1.54, 1.807) is 7.11 Å². The van der Waals surface area contributed by atoms with E-state index in [2.05, 4.69) is 20.3 Å². The average Bonchev–Trinajstić information content (AvgIpc) is 2.76. The van der Waals surface area contributed by atoms with Gasteiger partial charge in [0.1, 0.15) is 11.1 Å². The van der Waals surface area contributed by atoms with Crippen molar-refractivity contribution in [3.63, 3.8) is 0 Å². The molecular weight excluding hydrogens is 370 g/mol. The van der Waals surface area contributed by atoms with Crippen molar-refractivity contribution < 1.29 is 4.74 Å². The molecule has 0 aliphatic carbocycles. The molecule has 0 unspecified atom stereocenters. The number of aromatic nitrogens is 4. The van der Waals surface area contributed by atoms with E-state index in [4.69, 9.17) is 4.74 Å². The molecule has 0 aliphatic heterocycles. The van der Waals surface area contributed by atoms with Crippen molar-refractivity contribution in [2.75, 3.05) is 12.4 Å². The third-order valence-corrected chi connectivity index (χ3v) is 4.50. The van der Waals surface area contributed by atoms with Gasteiger partial charge < -0.3 is 10.1 Å². The number of rotatable bonds is 6.